The van der Waals surface area contributed by atoms with E-state index < -0.39 is 9.92 Å². The lowest BCUT2D eigenvalue weighted by molar-refractivity contribution is 0.360. The normalized spacial score (nSPS) is 28.9. The lowest BCUT2D eigenvalue weighted by Crippen LogP contribution is -2.36. The average molecular weight is 225 g/mol. The van der Waals surface area contributed by atoms with Crippen LogP contribution < -0.4 is 0 Å². The fraction of sp³-hybridized carbons (Fsp3) is 1.00. The molecule has 5 heteroatoms. The van der Waals surface area contributed by atoms with Gasteiger partial charge in [-0.05, 0) is 25.7 Å². The SMILES string of the molecule is Cl.N=S(=O)(C1CC1)N1CCCCC1. The first-order valence-electron chi connectivity index (χ1n) is 4.74. The summed E-state index contributed by atoms with van der Waals surface area (Å²) in [6.45, 7) is 1.78. The Kier molecular flexibility index (Phi) is 3.60. The molecule has 0 aromatic heterocycles. The average Bonchev–Trinajstić information content (AvgIpc) is 2.88. The number of piperidine rings is 1. The van der Waals surface area contributed by atoms with E-state index in [1.54, 1.807) is 0 Å². The minimum Gasteiger partial charge on any atom is -0.240 e. The summed E-state index contributed by atoms with van der Waals surface area (Å²) in [6.07, 6.45) is 5.53. The highest BCUT2D eigenvalue weighted by atomic mass is 35.5. The molecule has 1 atom stereocenters. The predicted molar refractivity (Wildman–Crippen MR) is 56.6 cm³/mol. The van der Waals surface area contributed by atoms with Crippen molar-refractivity contribution in [1.82, 2.24) is 4.31 Å². The zero-order valence-corrected chi connectivity index (χ0v) is 9.33. The van der Waals surface area contributed by atoms with Crippen molar-refractivity contribution in [2.24, 2.45) is 0 Å². The highest BCUT2D eigenvalue weighted by Gasteiger charge is 2.36. The van der Waals surface area contributed by atoms with Crippen molar-refractivity contribution in [3.8, 4) is 0 Å². The van der Waals surface area contributed by atoms with Crippen LogP contribution >= 0.6 is 12.4 Å². The van der Waals surface area contributed by atoms with Crippen LogP contribution in [-0.4, -0.2) is 26.9 Å². The van der Waals surface area contributed by atoms with E-state index in [1.165, 1.54) is 6.42 Å². The summed E-state index contributed by atoms with van der Waals surface area (Å²) >= 11 is 0. The van der Waals surface area contributed by atoms with E-state index in [4.69, 9.17) is 4.78 Å². The molecule has 0 radical (unpaired) electrons. The molecule has 13 heavy (non-hydrogen) atoms. The fourth-order valence-electron chi connectivity index (χ4n) is 1.73. The first-order chi connectivity index (χ1) is 5.71. The van der Waals surface area contributed by atoms with Crippen molar-refractivity contribution in [3.05, 3.63) is 0 Å². The molecule has 2 fully saturated rings. The number of rotatable bonds is 2. The number of nitrogens with zero attached hydrogens (tertiary/aromatic N) is 1. The molecular weight excluding hydrogens is 208 g/mol. The van der Waals surface area contributed by atoms with Gasteiger partial charge in [0.1, 0.15) is 9.92 Å². The van der Waals surface area contributed by atoms with Crippen molar-refractivity contribution in [2.45, 2.75) is 37.4 Å². The second-order valence-electron chi connectivity index (χ2n) is 3.76. The first kappa shape index (κ1) is 11.3. The van der Waals surface area contributed by atoms with E-state index in [9.17, 15) is 4.21 Å². The van der Waals surface area contributed by atoms with Gasteiger partial charge in [0, 0.05) is 13.1 Å². The van der Waals surface area contributed by atoms with Gasteiger partial charge in [-0.25, -0.2) is 13.3 Å². The molecule has 1 N–H and O–H groups in total. The second kappa shape index (κ2) is 4.15. The summed E-state index contributed by atoms with van der Waals surface area (Å²) in [5.41, 5.74) is 0. The molecule has 0 amide bonds. The maximum atomic E-state index is 11.9. The van der Waals surface area contributed by atoms with Crippen molar-refractivity contribution in [1.29, 1.82) is 4.78 Å². The largest absolute Gasteiger partial charge is 0.240 e. The Balaban J connectivity index is 0.000000845. The third-order valence-corrected chi connectivity index (χ3v) is 5.18. The van der Waals surface area contributed by atoms with Crippen LogP contribution in [0.1, 0.15) is 32.1 Å². The molecule has 1 unspecified atom stereocenters. The number of hydrogen-bond acceptors (Lipinski definition) is 2. The Labute approximate surface area is 86.4 Å². The number of halogens is 1. The molecule has 0 aromatic rings. The van der Waals surface area contributed by atoms with Gasteiger partial charge in [0.2, 0.25) is 0 Å². The molecule has 1 aliphatic carbocycles. The Bertz CT molecular complexity index is 255. The Morgan fingerprint density at radius 3 is 2.15 bits per heavy atom. The van der Waals surface area contributed by atoms with Gasteiger partial charge in [0.25, 0.3) is 0 Å². The Morgan fingerprint density at radius 1 is 1.15 bits per heavy atom. The predicted octanol–water partition coefficient (Wildman–Crippen LogP) is 2.02. The smallest absolute Gasteiger partial charge is 0.110 e. The standard InChI is InChI=1S/C8H16N2OS.ClH/c9-12(11,8-4-5-8)10-6-2-1-3-7-10;/h8-9H,1-7H2;1H. The summed E-state index contributed by atoms with van der Waals surface area (Å²) in [7, 11) is -2.36. The zero-order valence-electron chi connectivity index (χ0n) is 7.70. The van der Waals surface area contributed by atoms with E-state index in [-0.39, 0.29) is 17.7 Å². The fourth-order valence-corrected chi connectivity index (χ4v) is 3.73. The van der Waals surface area contributed by atoms with E-state index in [0.717, 1.165) is 38.8 Å². The minimum atomic E-state index is -2.36. The highest BCUT2D eigenvalue weighted by Crippen LogP contribution is 2.32. The van der Waals surface area contributed by atoms with Crippen molar-refractivity contribution < 1.29 is 4.21 Å². The van der Waals surface area contributed by atoms with Crippen LogP contribution in [0.3, 0.4) is 0 Å². The summed E-state index contributed by atoms with van der Waals surface area (Å²) in [5, 5.41) is 0.204. The maximum absolute atomic E-state index is 11.9. The van der Waals surface area contributed by atoms with Crippen LogP contribution in [0, 0.1) is 4.78 Å². The van der Waals surface area contributed by atoms with Gasteiger partial charge < -0.3 is 0 Å². The van der Waals surface area contributed by atoms with Crippen molar-refractivity contribution >= 4 is 22.3 Å². The topological polar surface area (TPSA) is 44.2 Å². The van der Waals surface area contributed by atoms with E-state index in [1.807, 2.05) is 4.31 Å². The lowest BCUT2D eigenvalue weighted by Gasteiger charge is -2.28. The second-order valence-corrected chi connectivity index (χ2v) is 6.08. The first-order valence-corrected chi connectivity index (χ1v) is 6.32. The molecule has 0 bridgehead atoms. The maximum Gasteiger partial charge on any atom is 0.110 e. The quantitative estimate of drug-likeness (QED) is 0.767. The molecule has 2 rings (SSSR count). The summed E-state index contributed by atoms with van der Waals surface area (Å²) in [5.74, 6) is 0. The van der Waals surface area contributed by atoms with Crippen LogP contribution in [0.2, 0.25) is 0 Å². The number of hydrogen-bond donors (Lipinski definition) is 1. The molecule has 78 valence electrons. The lowest BCUT2D eigenvalue weighted by atomic mass is 10.2. The molecule has 1 saturated carbocycles. The van der Waals surface area contributed by atoms with Gasteiger partial charge in [-0.3, -0.25) is 0 Å². The van der Waals surface area contributed by atoms with Crippen LogP contribution in [0.15, 0.2) is 0 Å². The van der Waals surface area contributed by atoms with Crippen LogP contribution in [-0.2, 0) is 9.92 Å². The van der Waals surface area contributed by atoms with Gasteiger partial charge in [0.05, 0.1) is 5.25 Å². The molecule has 1 heterocycles. The van der Waals surface area contributed by atoms with Gasteiger partial charge in [-0.1, -0.05) is 6.42 Å². The van der Waals surface area contributed by atoms with Crippen molar-refractivity contribution in [2.75, 3.05) is 13.1 Å². The minimum absolute atomic E-state index is 0. The third kappa shape index (κ3) is 2.36. The Hall–Kier alpha value is 0.200. The van der Waals surface area contributed by atoms with E-state index in [0.29, 0.717) is 0 Å². The number of nitrogens with one attached hydrogen (secondary N) is 1. The van der Waals surface area contributed by atoms with Gasteiger partial charge in [-0.15, -0.1) is 12.4 Å². The zero-order chi connectivity index (χ0) is 8.60. The molecule has 0 spiro atoms. The third-order valence-electron chi connectivity index (χ3n) is 2.67. The van der Waals surface area contributed by atoms with Crippen LogP contribution in [0.5, 0.6) is 0 Å². The molecule has 3 nitrogen and oxygen atoms in total. The van der Waals surface area contributed by atoms with Gasteiger partial charge in [-0.2, -0.15) is 0 Å². The van der Waals surface area contributed by atoms with Gasteiger partial charge >= 0.3 is 0 Å². The summed E-state index contributed by atoms with van der Waals surface area (Å²) in [6, 6.07) is 0. The van der Waals surface area contributed by atoms with E-state index >= 15 is 0 Å². The van der Waals surface area contributed by atoms with E-state index in [2.05, 4.69) is 0 Å². The highest BCUT2D eigenvalue weighted by molar-refractivity contribution is 7.91. The Morgan fingerprint density at radius 2 is 1.69 bits per heavy atom. The molecular formula is C8H17ClN2OS. The van der Waals surface area contributed by atoms with Gasteiger partial charge in [0.15, 0.2) is 0 Å². The monoisotopic (exact) mass is 224 g/mol. The molecule has 0 aromatic carbocycles. The summed E-state index contributed by atoms with van der Waals surface area (Å²) in [4.78, 5) is 0. The van der Waals surface area contributed by atoms with Crippen molar-refractivity contribution in [3.63, 3.8) is 0 Å². The molecule has 1 saturated heterocycles. The summed E-state index contributed by atoms with van der Waals surface area (Å²) < 4.78 is 21.6. The van der Waals surface area contributed by atoms with Crippen LogP contribution in [0.4, 0.5) is 0 Å². The molecule has 2 aliphatic rings. The van der Waals surface area contributed by atoms with Crippen LogP contribution in [0.25, 0.3) is 0 Å². The molecule has 1 aliphatic heterocycles.